The fourth-order valence-corrected chi connectivity index (χ4v) is 3.02. The number of H-pyrrole nitrogens is 1. The van der Waals surface area contributed by atoms with Gasteiger partial charge in [0.25, 0.3) is 11.8 Å². The van der Waals surface area contributed by atoms with Crippen molar-refractivity contribution < 1.29 is 18.4 Å². The highest BCUT2D eigenvalue weighted by Crippen LogP contribution is 2.26. The largest absolute Gasteiger partial charge is 0.497 e. The summed E-state index contributed by atoms with van der Waals surface area (Å²) in [5.74, 6) is 0.897. The van der Waals surface area contributed by atoms with Crippen LogP contribution >= 0.6 is 0 Å². The van der Waals surface area contributed by atoms with Crippen molar-refractivity contribution in [2.24, 2.45) is 0 Å². The Labute approximate surface area is 166 Å². The molecule has 0 radical (unpaired) electrons. The second kappa shape index (κ2) is 7.75. The van der Waals surface area contributed by atoms with Gasteiger partial charge in [0.1, 0.15) is 17.3 Å². The maximum absolute atomic E-state index is 13.3. The van der Waals surface area contributed by atoms with Crippen LogP contribution in [0.15, 0.2) is 53.1 Å². The number of nitrogens with one attached hydrogen (secondary N) is 1. The smallest absolute Gasteiger partial charge is 0.274 e. The standard InChI is InChI=1S/C21H19FN4O3/c1-26(21(27)14-4-3-5-15(22)10-14)9-8-19-24-20(29-25-19)18-11-13-6-7-16(28-2)12-17(13)23-18/h3-7,10-12,23H,8-9H2,1-2H3. The van der Waals surface area contributed by atoms with Crippen LogP contribution in [0.1, 0.15) is 16.2 Å². The van der Waals surface area contributed by atoms with E-state index in [-0.39, 0.29) is 5.91 Å². The quantitative estimate of drug-likeness (QED) is 0.539. The molecule has 0 unspecified atom stereocenters. The number of amides is 1. The Balaban J connectivity index is 1.43. The lowest BCUT2D eigenvalue weighted by Crippen LogP contribution is -2.29. The first-order valence-corrected chi connectivity index (χ1v) is 9.04. The number of halogens is 1. The van der Waals surface area contributed by atoms with Crippen molar-refractivity contribution in [3.8, 4) is 17.3 Å². The Morgan fingerprint density at radius 1 is 1.24 bits per heavy atom. The molecule has 0 saturated carbocycles. The lowest BCUT2D eigenvalue weighted by Gasteiger charge is -2.16. The molecule has 4 rings (SSSR count). The van der Waals surface area contributed by atoms with Crippen molar-refractivity contribution in [2.45, 2.75) is 6.42 Å². The number of likely N-dealkylation sites (N-methyl/N-ethyl adjacent to an activating group) is 1. The molecular weight excluding hydrogens is 375 g/mol. The molecular formula is C21H19FN4O3. The summed E-state index contributed by atoms with van der Waals surface area (Å²) < 4.78 is 23.9. The summed E-state index contributed by atoms with van der Waals surface area (Å²) in [5, 5.41) is 4.99. The highest BCUT2D eigenvalue weighted by atomic mass is 19.1. The molecule has 0 bridgehead atoms. The summed E-state index contributed by atoms with van der Waals surface area (Å²) in [6.07, 6.45) is 0.412. The minimum atomic E-state index is -0.442. The van der Waals surface area contributed by atoms with Crippen molar-refractivity contribution >= 4 is 16.8 Å². The molecule has 2 aromatic carbocycles. The first kappa shape index (κ1) is 18.7. The molecule has 4 aromatic rings. The Kier molecular flexibility index (Phi) is 4.99. The van der Waals surface area contributed by atoms with Crippen molar-refractivity contribution in [1.29, 1.82) is 0 Å². The van der Waals surface area contributed by atoms with E-state index in [2.05, 4.69) is 15.1 Å². The van der Waals surface area contributed by atoms with Gasteiger partial charge in [-0.3, -0.25) is 4.79 Å². The third kappa shape index (κ3) is 3.96. The van der Waals surface area contributed by atoms with Crippen LogP contribution < -0.4 is 4.74 Å². The molecule has 0 aliphatic rings. The zero-order valence-corrected chi connectivity index (χ0v) is 16.0. The van der Waals surface area contributed by atoms with Gasteiger partial charge >= 0.3 is 0 Å². The minimum Gasteiger partial charge on any atom is -0.497 e. The summed E-state index contributed by atoms with van der Waals surface area (Å²) in [6.45, 7) is 0.373. The summed E-state index contributed by atoms with van der Waals surface area (Å²) in [4.78, 5) is 21.5. The van der Waals surface area contributed by atoms with Crippen LogP contribution in [-0.4, -0.2) is 46.6 Å². The highest BCUT2D eigenvalue weighted by Gasteiger charge is 2.15. The molecule has 1 amide bonds. The van der Waals surface area contributed by atoms with E-state index in [0.717, 1.165) is 16.7 Å². The normalized spacial score (nSPS) is 11.0. The molecule has 148 valence electrons. The Morgan fingerprint density at radius 2 is 2.10 bits per heavy atom. The minimum absolute atomic E-state index is 0.266. The molecule has 8 heteroatoms. The number of aromatic nitrogens is 3. The summed E-state index contributed by atoms with van der Waals surface area (Å²) in [5.41, 5.74) is 1.91. The van der Waals surface area contributed by atoms with E-state index in [1.165, 1.54) is 23.1 Å². The zero-order chi connectivity index (χ0) is 20.4. The van der Waals surface area contributed by atoms with E-state index in [4.69, 9.17) is 9.26 Å². The van der Waals surface area contributed by atoms with Gasteiger partial charge in [-0.15, -0.1) is 0 Å². The van der Waals surface area contributed by atoms with E-state index >= 15 is 0 Å². The van der Waals surface area contributed by atoms with Crippen LogP contribution in [0.3, 0.4) is 0 Å². The molecule has 0 fully saturated rings. The van der Waals surface area contributed by atoms with E-state index in [9.17, 15) is 9.18 Å². The van der Waals surface area contributed by atoms with Crippen LogP contribution in [0.25, 0.3) is 22.5 Å². The van der Waals surface area contributed by atoms with E-state index < -0.39 is 5.82 Å². The van der Waals surface area contributed by atoms with Gasteiger partial charge in [-0.2, -0.15) is 4.98 Å². The Hall–Kier alpha value is -3.68. The zero-order valence-electron chi connectivity index (χ0n) is 16.0. The summed E-state index contributed by atoms with van der Waals surface area (Å²) in [6, 6.07) is 13.3. The number of aromatic amines is 1. The van der Waals surface area contributed by atoms with Gasteiger partial charge in [0.05, 0.1) is 7.11 Å². The lowest BCUT2D eigenvalue weighted by molar-refractivity contribution is 0.0795. The fraction of sp³-hybridized carbons (Fsp3) is 0.190. The molecule has 0 spiro atoms. The van der Waals surface area contributed by atoms with Gasteiger partial charge in [-0.05, 0) is 36.4 Å². The lowest BCUT2D eigenvalue weighted by atomic mass is 10.2. The maximum Gasteiger partial charge on any atom is 0.274 e. The highest BCUT2D eigenvalue weighted by molar-refractivity contribution is 5.94. The number of carbonyl (C=O) groups excluding carboxylic acids is 1. The number of hydrogen-bond donors (Lipinski definition) is 1. The third-order valence-electron chi connectivity index (χ3n) is 4.62. The number of fused-ring (bicyclic) bond motifs is 1. The molecule has 0 aliphatic heterocycles. The first-order chi connectivity index (χ1) is 14.0. The van der Waals surface area contributed by atoms with Crippen molar-refractivity contribution in [2.75, 3.05) is 20.7 Å². The molecule has 0 atom stereocenters. The van der Waals surface area contributed by atoms with Crippen molar-refractivity contribution in [3.63, 3.8) is 0 Å². The first-order valence-electron chi connectivity index (χ1n) is 9.04. The second-order valence-corrected chi connectivity index (χ2v) is 6.64. The van der Waals surface area contributed by atoms with Gasteiger partial charge < -0.3 is 19.1 Å². The molecule has 0 aliphatic carbocycles. The fourth-order valence-electron chi connectivity index (χ4n) is 3.02. The van der Waals surface area contributed by atoms with Gasteiger partial charge in [0.15, 0.2) is 5.82 Å². The average molecular weight is 394 g/mol. The molecule has 2 heterocycles. The van der Waals surface area contributed by atoms with Crippen LogP contribution in [0.4, 0.5) is 4.39 Å². The predicted molar refractivity (Wildman–Crippen MR) is 105 cm³/mol. The topological polar surface area (TPSA) is 84.2 Å². The molecule has 29 heavy (non-hydrogen) atoms. The molecule has 7 nitrogen and oxygen atoms in total. The predicted octanol–water partition coefficient (Wildman–Crippen LogP) is 3.68. The van der Waals surface area contributed by atoms with Crippen LogP contribution in [0.5, 0.6) is 5.75 Å². The number of rotatable bonds is 6. The molecule has 1 N–H and O–H groups in total. The Morgan fingerprint density at radius 3 is 2.90 bits per heavy atom. The summed E-state index contributed by atoms with van der Waals surface area (Å²) in [7, 11) is 3.27. The van der Waals surface area contributed by atoms with E-state index in [1.807, 2.05) is 24.3 Å². The number of carbonyl (C=O) groups is 1. The van der Waals surface area contributed by atoms with Gasteiger partial charge in [0, 0.05) is 42.5 Å². The summed E-state index contributed by atoms with van der Waals surface area (Å²) >= 11 is 0. The third-order valence-corrected chi connectivity index (χ3v) is 4.62. The van der Waals surface area contributed by atoms with E-state index in [1.54, 1.807) is 20.2 Å². The van der Waals surface area contributed by atoms with Crippen LogP contribution in [0.2, 0.25) is 0 Å². The molecule has 2 aromatic heterocycles. The Bertz CT molecular complexity index is 1170. The van der Waals surface area contributed by atoms with Gasteiger partial charge in [-0.25, -0.2) is 4.39 Å². The van der Waals surface area contributed by atoms with Gasteiger partial charge in [-0.1, -0.05) is 11.2 Å². The van der Waals surface area contributed by atoms with Crippen LogP contribution in [0, 0.1) is 5.82 Å². The number of benzene rings is 2. The number of hydrogen-bond acceptors (Lipinski definition) is 5. The van der Waals surface area contributed by atoms with E-state index in [0.29, 0.717) is 35.9 Å². The SMILES string of the molecule is COc1ccc2cc(-c3nc(CCN(C)C(=O)c4cccc(F)c4)no3)[nH]c2c1. The number of ether oxygens (including phenoxy) is 1. The molecule has 0 saturated heterocycles. The second-order valence-electron chi connectivity index (χ2n) is 6.64. The van der Waals surface area contributed by atoms with Crippen molar-refractivity contribution in [3.05, 3.63) is 65.7 Å². The average Bonchev–Trinajstić information content (AvgIpc) is 3.37. The number of methoxy groups -OCH3 is 1. The van der Waals surface area contributed by atoms with Crippen LogP contribution in [-0.2, 0) is 6.42 Å². The van der Waals surface area contributed by atoms with Gasteiger partial charge in [0.2, 0.25) is 0 Å². The van der Waals surface area contributed by atoms with Crippen molar-refractivity contribution in [1.82, 2.24) is 20.0 Å². The monoisotopic (exact) mass is 394 g/mol. The number of nitrogens with zero attached hydrogens (tertiary/aromatic N) is 3. The maximum atomic E-state index is 13.3.